The molecular weight excluding hydrogens is 261 g/mol. The Kier molecular flexibility index (Phi) is 3.52. The van der Waals surface area contributed by atoms with Gasteiger partial charge in [-0.1, -0.05) is 17.7 Å². The van der Waals surface area contributed by atoms with Crippen LogP contribution in [0, 0.1) is 0 Å². The Hall–Kier alpha value is -1.62. The largest absolute Gasteiger partial charge is 0.462 e. The first kappa shape index (κ1) is 12.8. The minimum absolute atomic E-state index is 0.0592. The van der Waals surface area contributed by atoms with Crippen LogP contribution in [0.4, 0.5) is 10.1 Å². The van der Waals surface area contributed by atoms with Gasteiger partial charge in [-0.2, -0.15) is 0 Å². The zero-order valence-corrected chi connectivity index (χ0v) is 10.4. The zero-order valence-electron chi connectivity index (χ0n) is 9.65. The number of fused-ring (bicyclic) bond motifs is 1. The van der Waals surface area contributed by atoms with Crippen molar-refractivity contribution in [3.05, 3.63) is 28.8 Å². The summed E-state index contributed by atoms with van der Waals surface area (Å²) >= 11 is 5.81. The van der Waals surface area contributed by atoms with Gasteiger partial charge in [0.25, 0.3) is 6.30 Å². The fourth-order valence-electron chi connectivity index (χ4n) is 1.86. The number of rotatable bonds is 3. The van der Waals surface area contributed by atoms with E-state index < -0.39 is 18.2 Å². The summed E-state index contributed by atoms with van der Waals surface area (Å²) in [4.78, 5) is 23.9. The van der Waals surface area contributed by atoms with Crippen LogP contribution in [0.15, 0.2) is 18.2 Å². The lowest BCUT2D eigenvalue weighted by molar-refractivity contribution is -0.150. The predicted octanol–water partition coefficient (Wildman–Crippen LogP) is 2.09. The Labute approximate surface area is 108 Å². The number of carbonyl (C=O) groups is 2. The third kappa shape index (κ3) is 2.18. The number of ether oxygens (including phenoxy) is 1. The molecule has 0 fully saturated rings. The van der Waals surface area contributed by atoms with Crippen molar-refractivity contribution in [1.29, 1.82) is 0 Å². The molecule has 1 aromatic carbocycles. The maximum Gasteiger partial charge on any atom is 0.362 e. The van der Waals surface area contributed by atoms with Crippen LogP contribution in [0.5, 0.6) is 0 Å². The number of carbonyl (C=O) groups excluding carboxylic acids is 2. The van der Waals surface area contributed by atoms with Crippen LogP contribution in [0.1, 0.15) is 12.5 Å². The van der Waals surface area contributed by atoms with Crippen LogP contribution in [0.25, 0.3) is 0 Å². The molecule has 0 N–H and O–H groups in total. The second kappa shape index (κ2) is 4.94. The Morgan fingerprint density at radius 1 is 1.61 bits per heavy atom. The fraction of sp³-hybridized carbons (Fsp3) is 0.333. The molecule has 1 heterocycles. The average molecular weight is 272 g/mol. The topological polar surface area (TPSA) is 46.6 Å². The van der Waals surface area contributed by atoms with Gasteiger partial charge in [0, 0.05) is 5.02 Å². The van der Waals surface area contributed by atoms with Gasteiger partial charge in [0.05, 0.1) is 18.7 Å². The highest BCUT2D eigenvalue weighted by molar-refractivity contribution is 6.31. The lowest BCUT2D eigenvalue weighted by Crippen LogP contribution is -2.41. The minimum atomic E-state index is -2.13. The van der Waals surface area contributed by atoms with Crippen molar-refractivity contribution in [3.63, 3.8) is 0 Å². The van der Waals surface area contributed by atoms with E-state index in [-0.39, 0.29) is 13.0 Å². The van der Waals surface area contributed by atoms with E-state index in [0.29, 0.717) is 16.3 Å². The number of anilines is 1. The third-order valence-corrected chi connectivity index (χ3v) is 2.86. The number of hydrogen-bond acceptors (Lipinski definition) is 3. The average Bonchev–Trinajstić information content (AvgIpc) is 2.64. The van der Waals surface area contributed by atoms with Crippen molar-refractivity contribution < 1.29 is 18.7 Å². The quantitative estimate of drug-likeness (QED) is 0.625. The predicted molar refractivity (Wildman–Crippen MR) is 64.2 cm³/mol. The number of hydrogen-bond donors (Lipinski definition) is 0. The fourth-order valence-corrected chi connectivity index (χ4v) is 2.02. The van der Waals surface area contributed by atoms with E-state index in [2.05, 4.69) is 4.74 Å². The molecule has 0 saturated heterocycles. The van der Waals surface area contributed by atoms with Gasteiger partial charge in [-0.3, -0.25) is 9.69 Å². The second-order valence-electron chi connectivity index (χ2n) is 3.80. The second-order valence-corrected chi connectivity index (χ2v) is 4.24. The molecule has 96 valence electrons. The summed E-state index contributed by atoms with van der Waals surface area (Å²) in [6.07, 6.45) is -2.07. The van der Waals surface area contributed by atoms with E-state index in [9.17, 15) is 14.0 Å². The first-order chi connectivity index (χ1) is 8.54. The summed E-state index contributed by atoms with van der Waals surface area (Å²) < 4.78 is 18.5. The molecule has 0 aromatic heterocycles. The summed E-state index contributed by atoms with van der Waals surface area (Å²) in [5.74, 6) is -1.55. The van der Waals surface area contributed by atoms with Gasteiger partial charge in [0.2, 0.25) is 5.91 Å². The van der Waals surface area contributed by atoms with Crippen LogP contribution < -0.4 is 4.90 Å². The van der Waals surface area contributed by atoms with Gasteiger partial charge in [-0.25, -0.2) is 9.18 Å². The van der Waals surface area contributed by atoms with Crippen LogP contribution in [0.3, 0.4) is 0 Å². The van der Waals surface area contributed by atoms with Crippen molar-refractivity contribution in [1.82, 2.24) is 0 Å². The minimum Gasteiger partial charge on any atom is -0.462 e. The standard InChI is InChI=1S/C12H11ClFNO3/c1-2-18-12(17)11(14)15-9-6-8(13)4-3-7(9)5-10(15)16/h3-4,6,11H,2,5H2,1H3. The molecule has 1 atom stereocenters. The van der Waals surface area contributed by atoms with E-state index >= 15 is 0 Å². The van der Waals surface area contributed by atoms with E-state index in [0.717, 1.165) is 4.90 Å². The molecule has 1 unspecified atom stereocenters. The Morgan fingerprint density at radius 2 is 2.33 bits per heavy atom. The molecular formula is C12H11ClFNO3. The Morgan fingerprint density at radius 3 is 3.00 bits per heavy atom. The number of nitrogens with zero attached hydrogens (tertiary/aromatic N) is 1. The van der Waals surface area contributed by atoms with Gasteiger partial charge in [0.15, 0.2) is 0 Å². The Balaban J connectivity index is 2.32. The molecule has 6 heteroatoms. The first-order valence-corrected chi connectivity index (χ1v) is 5.83. The highest BCUT2D eigenvalue weighted by Crippen LogP contribution is 2.33. The molecule has 4 nitrogen and oxygen atoms in total. The lowest BCUT2D eigenvalue weighted by Gasteiger charge is -2.20. The van der Waals surface area contributed by atoms with E-state index in [4.69, 9.17) is 11.6 Å². The molecule has 0 radical (unpaired) electrons. The third-order valence-electron chi connectivity index (χ3n) is 2.63. The van der Waals surface area contributed by atoms with E-state index in [1.54, 1.807) is 19.1 Å². The lowest BCUT2D eigenvalue weighted by atomic mass is 10.2. The molecule has 0 saturated carbocycles. The highest BCUT2D eigenvalue weighted by Gasteiger charge is 2.37. The number of alkyl halides is 1. The summed E-state index contributed by atoms with van der Waals surface area (Å²) in [7, 11) is 0. The van der Waals surface area contributed by atoms with Crippen LogP contribution in [0.2, 0.25) is 5.02 Å². The molecule has 0 spiro atoms. The molecule has 1 aliphatic rings. The van der Waals surface area contributed by atoms with Crippen LogP contribution in [-0.4, -0.2) is 24.8 Å². The SMILES string of the molecule is CCOC(=O)C(F)N1C(=O)Cc2ccc(Cl)cc21. The summed E-state index contributed by atoms with van der Waals surface area (Å²) in [5.41, 5.74) is 0.976. The zero-order chi connectivity index (χ0) is 13.3. The maximum absolute atomic E-state index is 13.9. The smallest absolute Gasteiger partial charge is 0.362 e. The highest BCUT2D eigenvalue weighted by atomic mass is 35.5. The molecule has 0 aliphatic carbocycles. The monoisotopic (exact) mass is 271 g/mol. The molecule has 1 aromatic rings. The van der Waals surface area contributed by atoms with Gasteiger partial charge >= 0.3 is 5.97 Å². The van der Waals surface area contributed by atoms with Crippen molar-refractivity contribution >= 4 is 29.2 Å². The van der Waals surface area contributed by atoms with Crippen molar-refractivity contribution in [2.24, 2.45) is 0 Å². The number of esters is 1. The van der Waals surface area contributed by atoms with E-state index in [1.807, 2.05) is 0 Å². The normalized spacial score (nSPS) is 15.5. The first-order valence-electron chi connectivity index (χ1n) is 5.45. The summed E-state index contributed by atoms with van der Waals surface area (Å²) in [6.45, 7) is 1.63. The van der Waals surface area contributed by atoms with Crippen LogP contribution in [-0.2, 0) is 20.7 Å². The van der Waals surface area contributed by atoms with Gasteiger partial charge < -0.3 is 4.74 Å². The summed E-state index contributed by atoms with van der Waals surface area (Å²) in [6, 6.07) is 4.73. The van der Waals surface area contributed by atoms with Gasteiger partial charge in [-0.05, 0) is 24.6 Å². The van der Waals surface area contributed by atoms with Crippen molar-refractivity contribution in [2.45, 2.75) is 19.6 Å². The van der Waals surface area contributed by atoms with Gasteiger partial charge in [-0.15, -0.1) is 0 Å². The molecule has 1 aliphatic heterocycles. The molecule has 1 amide bonds. The van der Waals surface area contributed by atoms with Gasteiger partial charge in [0.1, 0.15) is 0 Å². The molecule has 0 bridgehead atoms. The number of amides is 1. The maximum atomic E-state index is 13.9. The number of benzene rings is 1. The summed E-state index contributed by atoms with van der Waals surface area (Å²) in [5, 5.41) is 0.379. The number of halogens is 2. The van der Waals surface area contributed by atoms with Crippen molar-refractivity contribution in [2.75, 3.05) is 11.5 Å². The van der Waals surface area contributed by atoms with Crippen molar-refractivity contribution in [3.8, 4) is 0 Å². The molecule has 18 heavy (non-hydrogen) atoms. The molecule has 2 rings (SSSR count). The van der Waals surface area contributed by atoms with Crippen LogP contribution >= 0.6 is 11.6 Å². The van der Waals surface area contributed by atoms with E-state index in [1.165, 1.54) is 6.07 Å². The Bertz CT molecular complexity index is 506.